The van der Waals surface area contributed by atoms with E-state index in [-0.39, 0.29) is 0 Å². The van der Waals surface area contributed by atoms with Crippen LogP contribution in [0.15, 0.2) is 0 Å². The normalized spacial score (nSPS) is 14.3. The van der Waals surface area contributed by atoms with Crippen LogP contribution in [-0.4, -0.2) is 24.6 Å². The van der Waals surface area contributed by atoms with Crippen molar-refractivity contribution in [2.24, 2.45) is 5.41 Å². The van der Waals surface area contributed by atoms with Crippen LogP contribution >= 0.6 is 11.8 Å². The first-order valence-electron chi connectivity index (χ1n) is 4.18. The number of carbonyl (C=O) groups is 1. The van der Waals surface area contributed by atoms with Crippen molar-refractivity contribution in [1.82, 2.24) is 0 Å². The molecule has 1 unspecified atom stereocenters. The monoisotopic (exact) mass is 201 g/mol. The van der Waals surface area contributed by atoms with E-state index in [1.165, 1.54) is 0 Å². The Balaban J connectivity index is 4.27. The van der Waals surface area contributed by atoms with E-state index in [2.05, 4.69) is 0 Å². The van der Waals surface area contributed by atoms with E-state index in [9.17, 15) is 4.79 Å². The van der Waals surface area contributed by atoms with E-state index in [1.807, 2.05) is 12.3 Å². The van der Waals surface area contributed by atoms with E-state index in [0.29, 0.717) is 13.0 Å². The maximum absolute atomic E-state index is 11.3. The number of esters is 1. The molecule has 0 heterocycles. The van der Waals surface area contributed by atoms with Crippen LogP contribution in [0.4, 0.5) is 0 Å². The molecule has 0 spiro atoms. The van der Waals surface area contributed by atoms with Crippen LogP contribution in [0.5, 0.6) is 0 Å². The molecule has 0 aromatic carbocycles. The second kappa shape index (κ2) is 5.87. The van der Waals surface area contributed by atoms with Crippen LogP contribution in [0.25, 0.3) is 0 Å². The van der Waals surface area contributed by atoms with E-state index >= 15 is 0 Å². The molecule has 0 N–H and O–H groups in total. The summed E-state index contributed by atoms with van der Waals surface area (Å²) >= 11 is 1.62. The van der Waals surface area contributed by atoms with Gasteiger partial charge in [-0.3, -0.25) is 4.79 Å². The molecule has 0 amide bonds. The number of nitrogens with zero attached hydrogens (tertiary/aromatic N) is 1. The predicted molar refractivity (Wildman–Crippen MR) is 53.4 cm³/mol. The molecule has 0 bridgehead atoms. The largest absolute Gasteiger partial charge is 0.465 e. The molecule has 0 radical (unpaired) electrons. The standard InChI is InChI=1S/C9H15NO2S/c1-4-12-8(11)9(2,7-10)5-6-13-3/h4-6H2,1-3H3. The van der Waals surface area contributed by atoms with Crippen LogP contribution in [0.2, 0.25) is 0 Å². The zero-order valence-electron chi connectivity index (χ0n) is 8.29. The molecule has 0 aromatic heterocycles. The van der Waals surface area contributed by atoms with Gasteiger partial charge in [-0.15, -0.1) is 0 Å². The summed E-state index contributed by atoms with van der Waals surface area (Å²) in [6.07, 6.45) is 2.49. The van der Waals surface area contributed by atoms with E-state index in [0.717, 1.165) is 5.75 Å². The lowest BCUT2D eigenvalue weighted by molar-refractivity contribution is -0.151. The Morgan fingerprint density at radius 1 is 1.69 bits per heavy atom. The summed E-state index contributed by atoms with van der Waals surface area (Å²) in [5.41, 5.74) is -0.973. The number of hydrogen-bond donors (Lipinski definition) is 0. The Hall–Kier alpha value is -0.690. The second-order valence-corrected chi connectivity index (χ2v) is 3.89. The Bertz CT molecular complexity index is 212. The lowest BCUT2D eigenvalue weighted by atomic mass is 9.90. The smallest absolute Gasteiger partial charge is 0.326 e. The molecule has 1 atom stereocenters. The highest BCUT2D eigenvalue weighted by Gasteiger charge is 2.34. The molecule has 0 fully saturated rings. The summed E-state index contributed by atoms with van der Waals surface area (Å²) in [4.78, 5) is 11.3. The third kappa shape index (κ3) is 3.69. The van der Waals surface area contributed by atoms with Crippen LogP contribution < -0.4 is 0 Å². The van der Waals surface area contributed by atoms with Gasteiger partial charge < -0.3 is 4.74 Å². The SMILES string of the molecule is CCOC(=O)C(C)(C#N)CCSC. The summed E-state index contributed by atoms with van der Waals surface area (Å²) in [6.45, 7) is 3.70. The van der Waals surface area contributed by atoms with E-state index < -0.39 is 11.4 Å². The third-order valence-corrected chi connectivity index (χ3v) is 2.39. The van der Waals surface area contributed by atoms with E-state index in [1.54, 1.807) is 25.6 Å². The van der Waals surface area contributed by atoms with Crippen molar-refractivity contribution in [3.63, 3.8) is 0 Å². The molecule has 13 heavy (non-hydrogen) atoms. The lowest BCUT2D eigenvalue weighted by Crippen LogP contribution is -2.29. The summed E-state index contributed by atoms with van der Waals surface area (Å²) in [7, 11) is 0. The van der Waals surface area contributed by atoms with Crippen LogP contribution in [0, 0.1) is 16.7 Å². The van der Waals surface area contributed by atoms with Crippen molar-refractivity contribution in [3.8, 4) is 6.07 Å². The Morgan fingerprint density at radius 2 is 2.31 bits per heavy atom. The predicted octanol–water partition coefficient (Wildman–Crippen LogP) is 1.83. The molecule has 0 saturated heterocycles. The van der Waals surface area contributed by atoms with Gasteiger partial charge in [-0.05, 0) is 32.3 Å². The van der Waals surface area contributed by atoms with Gasteiger partial charge in [0.2, 0.25) is 0 Å². The fourth-order valence-corrected chi connectivity index (χ4v) is 1.41. The van der Waals surface area contributed by atoms with Crippen molar-refractivity contribution in [3.05, 3.63) is 0 Å². The molecule has 0 saturated carbocycles. The Labute approximate surface area is 83.4 Å². The van der Waals surface area contributed by atoms with Gasteiger partial charge in [-0.25, -0.2) is 0 Å². The molecule has 0 aliphatic rings. The maximum atomic E-state index is 11.3. The fraction of sp³-hybridized carbons (Fsp3) is 0.778. The molecule has 0 aromatic rings. The zero-order valence-corrected chi connectivity index (χ0v) is 9.11. The number of thioether (sulfide) groups is 1. The number of hydrogen-bond acceptors (Lipinski definition) is 4. The molecular formula is C9H15NO2S. The summed E-state index contributed by atoms with van der Waals surface area (Å²) < 4.78 is 4.82. The van der Waals surface area contributed by atoms with Gasteiger partial charge in [0, 0.05) is 0 Å². The summed E-state index contributed by atoms with van der Waals surface area (Å²) in [5, 5.41) is 8.85. The van der Waals surface area contributed by atoms with Gasteiger partial charge in [0.15, 0.2) is 5.41 Å². The number of ether oxygens (including phenoxy) is 1. The maximum Gasteiger partial charge on any atom is 0.326 e. The number of carbonyl (C=O) groups excluding carboxylic acids is 1. The molecular weight excluding hydrogens is 186 g/mol. The average molecular weight is 201 g/mol. The first-order chi connectivity index (χ1) is 6.10. The van der Waals surface area contributed by atoms with Crippen LogP contribution in [0.1, 0.15) is 20.3 Å². The van der Waals surface area contributed by atoms with Crippen molar-refractivity contribution < 1.29 is 9.53 Å². The molecule has 0 aliphatic carbocycles. The van der Waals surface area contributed by atoms with Crippen LogP contribution in [-0.2, 0) is 9.53 Å². The molecule has 74 valence electrons. The van der Waals surface area contributed by atoms with Gasteiger partial charge in [-0.2, -0.15) is 17.0 Å². The highest BCUT2D eigenvalue weighted by molar-refractivity contribution is 7.98. The Morgan fingerprint density at radius 3 is 2.69 bits per heavy atom. The molecule has 0 aliphatic heterocycles. The van der Waals surface area contributed by atoms with Gasteiger partial charge in [0.1, 0.15) is 0 Å². The highest BCUT2D eigenvalue weighted by Crippen LogP contribution is 2.23. The molecule has 4 heteroatoms. The summed E-state index contributed by atoms with van der Waals surface area (Å²) in [5.74, 6) is 0.384. The van der Waals surface area contributed by atoms with E-state index in [4.69, 9.17) is 10.00 Å². The first kappa shape index (κ1) is 12.3. The molecule has 0 rings (SSSR count). The van der Waals surface area contributed by atoms with Crippen LogP contribution in [0.3, 0.4) is 0 Å². The minimum absolute atomic E-state index is 0.329. The van der Waals surface area contributed by atoms with Gasteiger partial charge in [0.05, 0.1) is 12.7 Å². The number of nitriles is 1. The highest BCUT2D eigenvalue weighted by atomic mass is 32.2. The summed E-state index contributed by atoms with van der Waals surface area (Å²) in [6, 6.07) is 2.01. The second-order valence-electron chi connectivity index (χ2n) is 2.91. The quantitative estimate of drug-likeness (QED) is 0.637. The minimum atomic E-state index is -0.973. The average Bonchev–Trinajstić information content (AvgIpc) is 2.14. The topological polar surface area (TPSA) is 50.1 Å². The third-order valence-electron chi connectivity index (χ3n) is 1.78. The van der Waals surface area contributed by atoms with Gasteiger partial charge >= 0.3 is 5.97 Å². The molecule has 3 nitrogen and oxygen atoms in total. The van der Waals surface area contributed by atoms with Crippen molar-refractivity contribution >= 4 is 17.7 Å². The fourth-order valence-electron chi connectivity index (χ4n) is 0.800. The van der Waals surface area contributed by atoms with Crippen molar-refractivity contribution in [2.75, 3.05) is 18.6 Å². The first-order valence-corrected chi connectivity index (χ1v) is 5.57. The van der Waals surface area contributed by atoms with Crippen molar-refractivity contribution in [1.29, 1.82) is 5.26 Å². The zero-order chi connectivity index (χ0) is 10.3. The van der Waals surface area contributed by atoms with Crippen molar-refractivity contribution in [2.45, 2.75) is 20.3 Å². The number of rotatable bonds is 5. The Kier molecular flexibility index (Phi) is 5.56. The van der Waals surface area contributed by atoms with Gasteiger partial charge in [-0.1, -0.05) is 0 Å². The minimum Gasteiger partial charge on any atom is -0.465 e. The lowest BCUT2D eigenvalue weighted by Gasteiger charge is -2.18. The van der Waals surface area contributed by atoms with Gasteiger partial charge in [0.25, 0.3) is 0 Å².